The van der Waals surface area contributed by atoms with Gasteiger partial charge < -0.3 is 15.4 Å². The molecule has 0 bridgehead atoms. The molecule has 0 spiro atoms. The van der Waals surface area contributed by atoms with Crippen molar-refractivity contribution in [3.8, 4) is 0 Å². The van der Waals surface area contributed by atoms with E-state index in [2.05, 4.69) is 16.0 Å². The van der Waals surface area contributed by atoms with E-state index in [4.69, 9.17) is 16.3 Å². The SMILES string of the molecule is CCCNC(=O)NC(=O)COC(=O)[C@@H](CC(C)C)NC(=O)c1ccc(Cl)cc1. The molecule has 0 unspecified atom stereocenters. The van der Waals surface area contributed by atoms with Gasteiger partial charge in [-0.15, -0.1) is 0 Å². The van der Waals surface area contributed by atoms with Crippen LogP contribution in [0.15, 0.2) is 24.3 Å². The molecule has 8 nitrogen and oxygen atoms in total. The molecule has 4 amide bonds. The molecule has 0 aliphatic carbocycles. The normalized spacial score (nSPS) is 11.5. The summed E-state index contributed by atoms with van der Waals surface area (Å²) in [5.41, 5.74) is 0.344. The summed E-state index contributed by atoms with van der Waals surface area (Å²) in [6.07, 6.45) is 1.05. The molecule has 0 saturated heterocycles. The lowest BCUT2D eigenvalue weighted by atomic mass is 10.0. The smallest absolute Gasteiger partial charge is 0.329 e. The first kappa shape index (κ1) is 23.4. The number of rotatable bonds is 9. The van der Waals surface area contributed by atoms with Gasteiger partial charge in [-0.2, -0.15) is 0 Å². The van der Waals surface area contributed by atoms with Crippen molar-refractivity contribution in [2.45, 2.75) is 39.7 Å². The van der Waals surface area contributed by atoms with Gasteiger partial charge in [0.05, 0.1) is 0 Å². The van der Waals surface area contributed by atoms with Gasteiger partial charge >= 0.3 is 12.0 Å². The zero-order valence-electron chi connectivity index (χ0n) is 16.2. The molecular formula is C19H26ClN3O5. The summed E-state index contributed by atoms with van der Waals surface area (Å²) in [6.45, 7) is 5.45. The number of carbonyl (C=O) groups is 4. The molecule has 0 fully saturated rings. The van der Waals surface area contributed by atoms with Crippen LogP contribution in [0.1, 0.15) is 44.0 Å². The van der Waals surface area contributed by atoms with Crippen LogP contribution in [0.25, 0.3) is 0 Å². The van der Waals surface area contributed by atoms with E-state index in [1.54, 1.807) is 12.1 Å². The van der Waals surface area contributed by atoms with Crippen molar-refractivity contribution in [2.75, 3.05) is 13.2 Å². The van der Waals surface area contributed by atoms with Crippen molar-refractivity contribution in [3.63, 3.8) is 0 Å². The van der Waals surface area contributed by atoms with Crippen LogP contribution in [0.2, 0.25) is 5.02 Å². The van der Waals surface area contributed by atoms with Gasteiger partial charge in [0, 0.05) is 17.1 Å². The van der Waals surface area contributed by atoms with Crippen LogP contribution in [0, 0.1) is 5.92 Å². The average Bonchev–Trinajstić information content (AvgIpc) is 2.64. The third-order valence-corrected chi connectivity index (χ3v) is 3.79. The van der Waals surface area contributed by atoms with Gasteiger partial charge in [0.15, 0.2) is 6.61 Å². The lowest BCUT2D eigenvalue weighted by Crippen LogP contribution is -2.45. The molecule has 1 aromatic carbocycles. The molecule has 0 aliphatic heterocycles. The Labute approximate surface area is 169 Å². The molecule has 1 atom stereocenters. The Morgan fingerprint density at radius 1 is 1.11 bits per heavy atom. The maximum Gasteiger partial charge on any atom is 0.329 e. The number of esters is 1. The molecule has 0 aliphatic rings. The van der Waals surface area contributed by atoms with E-state index in [1.165, 1.54) is 12.1 Å². The molecule has 9 heteroatoms. The van der Waals surface area contributed by atoms with Crippen molar-refractivity contribution in [1.82, 2.24) is 16.0 Å². The highest BCUT2D eigenvalue weighted by Crippen LogP contribution is 2.11. The highest BCUT2D eigenvalue weighted by Gasteiger charge is 2.25. The van der Waals surface area contributed by atoms with Gasteiger partial charge in [0.25, 0.3) is 11.8 Å². The van der Waals surface area contributed by atoms with Crippen molar-refractivity contribution < 1.29 is 23.9 Å². The summed E-state index contributed by atoms with van der Waals surface area (Å²) >= 11 is 5.80. The first-order chi connectivity index (χ1) is 13.2. The van der Waals surface area contributed by atoms with E-state index in [9.17, 15) is 19.2 Å². The lowest BCUT2D eigenvalue weighted by molar-refractivity contribution is -0.150. The predicted octanol–water partition coefficient (Wildman–Crippen LogP) is 2.26. The van der Waals surface area contributed by atoms with Gasteiger partial charge in [-0.05, 0) is 43.0 Å². The molecule has 0 aromatic heterocycles. The first-order valence-corrected chi connectivity index (χ1v) is 9.41. The average molecular weight is 412 g/mol. The number of hydrogen-bond donors (Lipinski definition) is 3. The number of carbonyl (C=O) groups excluding carboxylic acids is 4. The van der Waals surface area contributed by atoms with Crippen LogP contribution < -0.4 is 16.0 Å². The minimum absolute atomic E-state index is 0.0942. The quantitative estimate of drug-likeness (QED) is 0.539. The zero-order valence-corrected chi connectivity index (χ0v) is 17.0. The van der Waals surface area contributed by atoms with Crippen molar-refractivity contribution in [3.05, 3.63) is 34.9 Å². The minimum atomic E-state index is -0.926. The van der Waals surface area contributed by atoms with Crippen LogP contribution in [0.3, 0.4) is 0 Å². The van der Waals surface area contributed by atoms with E-state index in [0.29, 0.717) is 23.6 Å². The second-order valence-corrected chi connectivity index (χ2v) is 7.01. The molecule has 0 heterocycles. The van der Waals surface area contributed by atoms with Crippen molar-refractivity contribution in [1.29, 1.82) is 0 Å². The summed E-state index contributed by atoms with van der Waals surface area (Å²) in [6, 6.07) is 4.64. The molecule has 0 radical (unpaired) electrons. The number of benzene rings is 1. The van der Waals surface area contributed by atoms with Crippen LogP contribution in [-0.4, -0.2) is 43.0 Å². The maximum atomic E-state index is 12.3. The fourth-order valence-corrected chi connectivity index (χ4v) is 2.34. The van der Waals surface area contributed by atoms with Crippen molar-refractivity contribution >= 4 is 35.4 Å². The first-order valence-electron chi connectivity index (χ1n) is 9.03. The predicted molar refractivity (Wildman–Crippen MR) is 105 cm³/mol. The number of hydrogen-bond acceptors (Lipinski definition) is 5. The van der Waals surface area contributed by atoms with Gasteiger partial charge in [-0.25, -0.2) is 9.59 Å². The van der Waals surface area contributed by atoms with E-state index < -0.39 is 36.5 Å². The Morgan fingerprint density at radius 2 is 1.75 bits per heavy atom. The minimum Gasteiger partial charge on any atom is -0.454 e. The van der Waals surface area contributed by atoms with Crippen LogP contribution in [-0.2, 0) is 14.3 Å². The van der Waals surface area contributed by atoms with E-state index in [1.807, 2.05) is 20.8 Å². The summed E-state index contributed by atoms with van der Waals surface area (Å²) in [4.78, 5) is 47.8. The van der Waals surface area contributed by atoms with Crippen molar-refractivity contribution in [2.24, 2.45) is 5.92 Å². The standard InChI is InChI=1S/C19H26ClN3O5/c1-4-9-21-19(27)23-16(24)11-28-18(26)15(10-12(2)3)22-17(25)13-5-7-14(20)8-6-13/h5-8,12,15H,4,9-11H2,1-3H3,(H,22,25)(H2,21,23,24,27)/t15-/m1/s1. The zero-order chi connectivity index (χ0) is 21.1. The van der Waals surface area contributed by atoms with Gasteiger partial charge in [0.1, 0.15) is 6.04 Å². The molecule has 1 aromatic rings. The summed E-state index contributed by atoms with van der Waals surface area (Å²) in [7, 11) is 0. The number of amides is 4. The molecule has 1 rings (SSSR count). The molecule has 0 saturated carbocycles. The largest absolute Gasteiger partial charge is 0.454 e. The maximum absolute atomic E-state index is 12.3. The van der Waals surface area contributed by atoms with Crippen LogP contribution in [0.5, 0.6) is 0 Å². The summed E-state index contributed by atoms with van der Waals surface area (Å²) in [5, 5.41) is 7.62. The van der Waals surface area contributed by atoms with E-state index in [0.717, 1.165) is 6.42 Å². The Kier molecular flexibility index (Phi) is 10.0. The van der Waals surface area contributed by atoms with E-state index >= 15 is 0 Å². The highest BCUT2D eigenvalue weighted by molar-refractivity contribution is 6.30. The number of nitrogens with one attached hydrogen (secondary N) is 3. The Bertz CT molecular complexity index is 691. The molecule has 154 valence electrons. The molecular weight excluding hydrogens is 386 g/mol. The Hall–Kier alpha value is -2.61. The van der Waals surface area contributed by atoms with Crippen LogP contribution in [0.4, 0.5) is 4.79 Å². The second kappa shape index (κ2) is 12.0. The third-order valence-electron chi connectivity index (χ3n) is 3.54. The van der Waals surface area contributed by atoms with Gasteiger partial charge in [-0.1, -0.05) is 32.4 Å². The summed E-state index contributed by atoms with van der Waals surface area (Å²) in [5.74, 6) is -1.87. The van der Waals surface area contributed by atoms with Crippen LogP contribution >= 0.6 is 11.6 Å². The number of halogens is 1. The monoisotopic (exact) mass is 411 g/mol. The Morgan fingerprint density at radius 3 is 2.32 bits per heavy atom. The molecule has 3 N–H and O–H groups in total. The lowest BCUT2D eigenvalue weighted by Gasteiger charge is -2.19. The number of ether oxygens (including phenoxy) is 1. The summed E-state index contributed by atoms with van der Waals surface area (Å²) < 4.78 is 4.96. The molecule has 28 heavy (non-hydrogen) atoms. The third kappa shape index (κ3) is 8.85. The Balaban J connectivity index is 2.61. The number of imide groups is 1. The van der Waals surface area contributed by atoms with E-state index in [-0.39, 0.29) is 5.92 Å². The fraction of sp³-hybridized carbons (Fsp3) is 0.474. The van der Waals surface area contributed by atoms with Gasteiger partial charge in [0.2, 0.25) is 0 Å². The number of urea groups is 1. The second-order valence-electron chi connectivity index (χ2n) is 6.57. The fourth-order valence-electron chi connectivity index (χ4n) is 2.21. The highest BCUT2D eigenvalue weighted by atomic mass is 35.5. The topological polar surface area (TPSA) is 114 Å². The van der Waals surface area contributed by atoms with Gasteiger partial charge in [-0.3, -0.25) is 14.9 Å².